The Morgan fingerprint density at radius 3 is 2.57 bits per heavy atom. The molecule has 0 saturated carbocycles. The fraction of sp³-hybridized carbons (Fsp3) is 0.667. The second kappa shape index (κ2) is 5.87. The van der Waals surface area contributed by atoms with Crippen LogP contribution in [-0.2, 0) is 4.79 Å². The Morgan fingerprint density at radius 1 is 1.19 bits per heavy atom. The molecule has 3 heterocycles. The van der Waals surface area contributed by atoms with Crippen LogP contribution >= 0.6 is 0 Å². The average molecular weight is 291 g/mol. The van der Waals surface area contributed by atoms with Gasteiger partial charge in [-0.3, -0.25) is 9.59 Å². The molecule has 6 heteroatoms. The number of aromatic nitrogens is 1. The zero-order chi connectivity index (χ0) is 14.8. The van der Waals surface area contributed by atoms with Crippen LogP contribution in [0.2, 0.25) is 0 Å². The van der Waals surface area contributed by atoms with Crippen LogP contribution in [0.1, 0.15) is 41.9 Å². The van der Waals surface area contributed by atoms with Crippen LogP contribution in [-0.4, -0.2) is 52.8 Å². The lowest BCUT2D eigenvalue weighted by molar-refractivity contribution is -0.135. The summed E-state index contributed by atoms with van der Waals surface area (Å²) in [6.45, 7) is 4.67. The lowest BCUT2D eigenvalue weighted by Crippen LogP contribution is -2.46. The number of hydrogen-bond donors (Lipinski definition) is 0. The summed E-state index contributed by atoms with van der Waals surface area (Å²) in [6.07, 6.45) is 5.22. The topological polar surface area (TPSA) is 66.7 Å². The van der Waals surface area contributed by atoms with Gasteiger partial charge in [-0.15, -0.1) is 0 Å². The van der Waals surface area contributed by atoms with Crippen molar-refractivity contribution in [1.82, 2.24) is 14.8 Å². The molecule has 2 saturated heterocycles. The maximum absolute atomic E-state index is 12.5. The van der Waals surface area contributed by atoms with E-state index >= 15 is 0 Å². The van der Waals surface area contributed by atoms with Crippen LogP contribution in [0, 0.1) is 12.8 Å². The van der Waals surface area contributed by atoms with E-state index in [9.17, 15) is 9.59 Å². The van der Waals surface area contributed by atoms with Gasteiger partial charge in [0.05, 0.1) is 11.6 Å². The number of oxazole rings is 1. The molecule has 1 unspecified atom stereocenters. The molecule has 1 aromatic rings. The zero-order valence-electron chi connectivity index (χ0n) is 12.4. The summed E-state index contributed by atoms with van der Waals surface area (Å²) >= 11 is 0. The van der Waals surface area contributed by atoms with Crippen LogP contribution in [0.25, 0.3) is 0 Å². The van der Waals surface area contributed by atoms with Crippen molar-refractivity contribution in [3.63, 3.8) is 0 Å². The first kappa shape index (κ1) is 14.1. The third-order valence-electron chi connectivity index (χ3n) is 4.42. The monoisotopic (exact) mass is 291 g/mol. The Kier molecular flexibility index (Phi) is 3.94. The quantitative estimate of drug-likeness (QED) is 0.827. The maximum atomic E-state index is 12.5. The maximum Gasteiger partial charge on any atom is 0.291 e. The molecule has 0 aromatic carbocycles. The highest BCUT2D eigenvalue weighted by Gasteiger charge is 2.33. The fourth-order valence-corrected chi connectivity index (χ4v) is 3.21. The second-order valence-corrected chi connectivity index (χ2v) is 5.89. The normalized spacial score (nSPS) is 22.6. The van der Waals surface area contributed by atoms with E-state index in [2.05, 4.69) is 4.98 Å². The smallest absolute Gasteiger partial charge is 0.291 e. The van der Waals surface area contributed by atoms with Crippen molar-refractivity contribution in [3.05, 3.63) is 17.8 Å². The zero-order valence-corrected chi connectivity index (χ0v) is 12.4. The summed E-state index contributed by atoms with van der Waals surface area (Å²) in [5, 5.41) is 0. The molecule has 21 heavy (non-hydrogen) atoms. The molecule has 0 N–H and O–H groups in total. The molecule has 2 aliphatic rings. The molecule has 114 valence electrons. The number of carbonyl (C=O) groups excluding carboxylic acids is 2. The van der Waals surface area contributed by atoms with Gasteiger partial charge >= 0.3 is 0 Å². The standard InChI is InChI=1S/C15H21N3O3/c1-11-13(21-10-16-11)15(20)18-8-4-5-12(9-18)14(19)17-6-2-3-7-17/h10,12H,2-9H2,1H3. The summed E-state index contributed by atoms with van der Waals surface area (Å²) < 4.78 is 5.18. The predicted octanol–water partition coefficient (Wildman–Crippen LogP) is 1.46. The molecule has 0 spiro atoms. The van der Waals surface area contributed by atoms with E-state index in [0.29, 0.717) is 24.5 Å². The predicted molar refractivity (Wildman–Crippen MR) is 75.7 cm³/mol. The van der Waals surface area contributed by atoms with Crippen LogP contribution in [0.5, 0.6) is 0 Å². The number of piperidine rings is 1. The van der Waals surface area contributed by atoms with Crippen molar-refractivity contribution < 1.29 is 14.0 Å². The molecule has 2 aliphatic heterocycles. The number of aryl methyl sites for hydroxylation is 1. The summed E-state index contributed by atoms with van der Waals surface area (Å²) in [4.78, 5) is 32.5. The van der Waals surface area contributed by atoms with Crippen LogP contribution in [0.15, 0.2) is 10.8 Å². The number of rotatable bonds is 2. The first-order valence-electron chi connectivity index (χ1n) is 7.65. The number of hydrogen-bond acceptors (Lipinski definition) is 4. The largest absolute Gasteiger partial charge is 0.438 e. The lowest BCUT2D eigenvalue weighted by Gasteiger charge is -2.33. The highest BCUT2D eigenvalue weighted by molar-refractivity contribution is 5.93. The number of carbonyl (C=O) groups is 2. The molecular weight excluding hydrogens is 270 g/mol. The molecule has 2 fully saturated rings. The van der Waals surface area contributed by atoms with E-state index in [1.54, 1.807) is 11.8 Å². The van der Waals surface area contributed by atoms with Gasteiger partial charge in [-0.05, 0) is 32.6 Å². The minimum Gasteiger partial charge on any atom is -0.438 e. The molecule has 0 aliphatic carbocycles. The number of amides is 2. The average Bonchev–Trinajstić information content (AvgIpc) is 3.17. The van der Waals surface area contributed by atoms with Gasteiger partial charge in [-0.1, -0.05) is 0 Å². The van der Waals surface area contributed by atoms with Crippen molar-refractivity contribution in [2.75, 3.05) is 26.2 Å². The van der Waals surface area contributed by atoms with Gasteiger partial charge in [0, 0.05) is 26.2 Å². The van der Waals surface area contributed by atoms with Crippen molar-refractivity contribution in [2.45, 2.75) is 32.6 Å². The van der Waals surface area contributed by atoms with Crippen LogP contribution in [0.3, 0.4) is 0 Å². The van der Waals surface area contributed by atoms with E-state index in [4.69, 9.17) is 4.42 Å². The van der Waals surface area contributed by atoms with Crippen LogP contribution < -0.4 is 0 Å². The first-order chi connectivity index (χ1) is 10.2. The highest BCUT2D eigenvalue weighted by Crippen LogP contribution is 2.23. The third-order valence-corrected chi connectivity index (χ3v) is 4.42. The second-order valence-electron chi connectivity index (χ2n) is 5.89. The van der Waals surface area contributed by atoms with E-state index in [-0.39, 0.29) is 17.7 Å². The van der Waals surface area contributed by atoms with E-state index in [1.165, 1.54) is 6.39 Å². The summed E-state index contributed by atoms with van der Waals surface area (Å²) in [5.74, 6) is 0.288. The SMILES string of the molecule is Cc1ncoc1C(=O)N1CCCC(C(=O)N2CCCC2)C1. The van der Waals surface area contributed by atoms with Gasteiger partial charge < -0.3 is 14.2 Å². The van der Waals surface area contributed by atoms with E-state index in [1.807, 2.05) is 4.90 Å². The molecule has 0 radical (unpaired) electrons. The molecule has 3 rings (SSSR count). The van der Waals surface area contributed by atoms with Crippen molar-refractivity contribution in [2.24, 2.45) is 5.92 Å². The lowest BCUT2D eigenvalue weighted by atomic mass is 9.96. The number of likely N-dealkylation sites (tertiary alicyclic amines) is 2. The first-order valence-corrected chi connectivity index (χ1v) is 7.65. The molecular formula is C15H21N3O3. The Morgan fingerprint density at radius 2 is 1.90 bits per heavy atom. The van der Waals surface area contributed by atoms with Gasteiger partial charge in [0.15, 0.2) is 6.39 Å². The molecule has 1 atom stereocenters. The van der Waals surface area contributed by atoms with Gasteiger partial charge in [-0.2, -0.15) is 0 Å². The Balaban J connectivity index is 1.66. The Labute approximate surface area is 124 Å². The van der Waals surface area contributed by atoms with Gasteiger partial charge in [0.2, 0.25) is 11.7 Å². The minimum atomic E-state index is -0.149. The summed E-state index contributed by atoms with van der Waals surface area (Å²) in [6, 6.07) is 0. The summed E-state index contributed by atoms with van der Waals surface area (Å²) in [7, 11) is 0. The molecule has 6 nitrogen and oxygen atoms in total. The van der Waals surface area contributed by atoms with Gasteiger partial charge in [-0.25, -0.2) is 4.98 Å². The highest BCUT2D eigenvalue weighted by atomic mass is 16.3. The van der Waals surface area contributed by atoms with Gasteiger partial charge in [0.1, 0.15) is 0 Å². The van der Waals surface area contributed by atoms with Crippen molar-refractivity contribution in [1.29, 1.82) is 0 Å². The summed E-state index contributed by atoms with van der Waals surface area (Å²) in [5.41, 5.74) is 0.605. The van der Waals surface area contributed by atoms with Gasteiger partial charge in [0.25, 0.3) is 5.91 Å². The Hall–Kier alpha value is -1.85. The fourth-order valence-electron chi connectivity index (χ4n) is 3.21. The minimum absolute atomic E-state index is 0.0657. The van der Waals surface area contributed by atoms with Crippen molar-refractivity contribution in [3.8, 4) is 0 Å². The molecule has 2 amide bonds. The third kappa shape index (κ3) is 2.80. The van der Waals surface area contributed by atoms with E-state index in [0.717, 1.165) is 38.8 Å². The van der Waals surface area contributed by atoms with E-state index < -0.39 is 0 Å². The number of nitrogens with zero attached hydrogens (tertiary/aromatic N) is 3. The molecule has 1 aromatic heterocycles. The van der Waals surface area contributed by atoms with Crippen LogP contribution in [0.4, 0.5) is 0 Å². The Bertz CT molecular complexity index is 534. The van der Waals surface area contributed by atoms with Crippen molar-refractivity contribution >= 4 is 11.8 Å². The molecule has 0 bridgehead atoms.